The number of carbonyl (C=O) groups is 2. The van der Waals surface area contributed by atoms with Gasteiger partial charge in [-0.25, -0.2) is 0 Å². The average molecular weight is 284 g/mol. The Morgan fingerprint density at radius 1 is 1.38 bits per heavy atom. The van der Waals surface area contributed by atoms with Gasteiger partial charge in [0.2, 0.25) is 11.8 Å². The first-order valence-corrected chi connectivity index (χ1v) is 6.88. The van der Waals surface area contributed by atoms with Gasteiger partial charge in [-0.05, 0) is 23.6 Å². The molecular formula is C15H16N4O2. The van der Waals surface area contributed by atoms with Gasteiger partial charge >= 0.3 is 0 Å². The van der Waals surface area contributed by atoms with Gasteiger partial charge < -0.3 is 10.6 Å². The van der Waals surface area contributed by atoms with Crippen molar-refractivity contribution >= 4 is 17.5 Å². The fraction of sp³-hybridized carbons (Fsp3) is 0.267. The SMILES string of the molecule is O=C1CC(NC(=O)CCc2cn[nH]c2)c2ccccc2N1. The van der Waals surface area contributed by atoms with Crippen molar-refractivity contribution in [3.63, 3.8) is 0 Å². The summed E-state index contributed by atoms with van der Waals surface area (Å²) in [6, 6.07) is 7.28. The topological polar surface area (TPSA) is 86.9 Å². The van der Waals surface area contributed by atoms with Crippen LogP contribution in [0.5, 0.6) is 0 Å². The minimum atomic E-state index is -0.258. The number of anilines is 1. The number of aryl methyl sites for hydroxylation is 1. The maximum atomic E-state index is 12.0. The molecule has 0 saturated carbocycles. The van der Waals surface area contributed by atoms with Crippen LogP contribution in [0.25, 0.3) is 0 Å². The first-order chi connectivity index (χ1) is 10.2. The Morgan fingerprint density at radius 3 is 3.05 bits per heavy atom. The first-order valence-electron chi connectivity index (χ1n) is 6.88. The molecular weight excluding hydrogens is 268 g/mol. The van der Waals surface area contributed by atoms with Crippen molar-refractivity contribution in [1.29, 1.82) is 0 Å². The van der Waals surface area contributed by atoms with Crippen LogP contribution in [0.4, 0.5) is 5.69 Å². The molecule has 0 aliphatic carbocycles. The highest BCUT2D eigenvalue weighted by atomic mass is 16.2. The minimum Gasteiger partial charge on any atom is -0.349 e. The summed E-state index contributed by atoms with van der Waals surface area (Å²) in [6.07, 6.45) is 4.75. The smallest absolute Gasteiger partial charge is 0.226 e. The van der Waals surface area contributed by atoms with Gasteiger partial charge in [0.1, 0.15) is 0 Å². The quantitative estimate of drug-likeness (QED) is 0.796. The summed E-state index contributed by atoms with van der Waals surface area (Å²) in [5.41, 5.74) is 2.72. The molecule has 2 amide bonds. The van der Waals surface area contributed by atoms with Crippen molar-refractivity contribution in [3.05, 3.63) is 47.8 Å². The van der Waals surface area contributed by atoms with Crippen molar-refractivity contribution in [2.45, 2.75) is 25.3 Å². The van der Waals surface area contributed by atoms with Gasteiger partial charge in [0.25, 0.3) is 0 Å². The number of hydrogen-bond donors (Lipinski definition) is 3. The maximum Gasteiger partial charge on any atom is 0.226 e. The molecule has 0 radical (unpaired) electrons. The van der Waals surface area contributed by atoms with Crippen LogP contribution in [-0.4, -0.2) is 22.0 Å². The number of fused-ring (bicyclic) bond motifs is 1. The molecule has 1 aromatic heterocycles. The Kier molecular flexibility index (Phi) is 3.68. The summed E-state index contributed by atoms with van der Waals surface area (Å²) in [5, 5.41) is 12.3. The van der Waals surface area contributed by atoms with Crippen molar-refractivity contribution in [1.82, 2.24) is 15.5 Å². The second-order valence-corrected chi connectivity index (χ2v) is 5.07. The summed E-state index contributed by atoms with van der Waals surface area (Å²) in [6.45, 7) is 0. The van der Waals surface area contributed by atoms with Gasteiger partial charge in [-0.3, -0.25) is 14.7 Å². The molecule has 0 spiro atoms. The lowest BCUT2D eigenvalue weighted by atomic mass is 9.97. The van der Waals surface area contributed by atoms with E-state index in [-0.39, 0.29) is 24.3 Å². The van der Waals surface area contributed by atoms with Crippen molar-refractivity contribution < 1.29 is 9.59 Å². The zero-order valence-electron chi connectivity index (χ0n) is 11.4. The van der Waals surface area contributed by atoms with E-state index in [2.05, 4.69) is 20.8 Å². The number of nitrogens with zero attached hydrogens (tertiary/aromatic N) is 1. The van der Waals surface area contributed by atoms with Gasteiger partial charge in [0.05, 0.1) is 18.7 Å². The van der Waals surface area contributed by atoms with Gasteiger partial charge in [-0.15, -0.1) is 0 Å². The first kappa shape index (κ1) is 13.4. The maximum absolute atomic E-state index is 12.0. The summed E-state index contributed by atoms with van der Waals surface area (Å²) in [7, 11) is 0. The van der Waals surface area contributed by atoms with E-state index in [4.69, 9.17) is 0 Å². The molecule has 6 heteroatoms. The van der Waals surface area contributed by atoms with E-state index in [9.17, 15) is 9.59 Å². The largest absolute Gasteiger partial charge is 0.349 e. The van der Waals surface area contributed by atoms with Gasteiger partial charge in [0.15, 0.2) is 0 Å². The molecule has 0 fully saturated rings. The molecule has 0 bridgehead atoms. The number of para-hydroxylation sites is 1. The second kappa shape index (κ2) is 5.78. The Morgan fingerprint density at radius 2 is 2.24 bits per heavy atom. The van der Waals surface area contributed by atoms with E-state index in [0.717, 1.165) is 16.8 Å². The molecule has 1 aromatic carbocycles. The van der Waals surface area contributed by atoms with Crippen LogP contribution in [0, 0.1) is 0 Å². The molecule has 1 aliphatic heterocycles. The summed E-state index contributed by atoms with van der Waals surface area (Å²) < 4.78 is 0. The van der Waals surface area contributed by atoms with Crippen LogP contribution < -0.4 is 10.6 Å². The molecule has 1 aliphatic rings. The van der Waals surface area contributed by atoms with E-state index < -0.39 is 0 Å². The molecule has 1 unspecified atom stereocenters. The van der Waals surface area contributed by atoms with E-state index in [1.807, 2.05) is 24.3 Å². The molecule has 0 saturated heterocycles. The molecule has 108 valence electrons. The van der Waals surface area contributed by atoms with Crippen LogP contribution >= 0.6 is 0 Å². The molecule has 6 nitrogen and oxygen atoms in total. The molecule has 1 atom stereocenters. The molecule has 2 heterocycles. The molecule has 3 N–H and O–H groups in total. The zero-order valence-corrected chi connectivity index (χ0v) is 11.4. The summed E-state index contributed by atoms with van der Waals surface area (Å²) in [4.78, 5) is 23.7. The number of benzene rings is 1. The van der Waals surface area contributed by atoms with E-state index in [1.165, 1.54) is 0 Å². The highest BCUT2D eigenvalue weighted by Crippen LogP contribution is 2.29. The third-order valence-corrected chi connectivity index (χ3v) is 3.53. The Hall–Kier alpha value is -2.63. The number of aromatic nitrogens is 2. The number of hydrogen-bond acceptors (Lipinski definition) is 3. The highest BCUT2D eigenvalue weighted by Gasteiger charge is 2.25. The minimum absolute atomic E-state index is 0.0642. The third-order valence-electron chi connectivity index (χ3n) is 3.53. The fourth-order valence-electron chi connectivity index (χ4n) is 2.48. The number of amides is 2. The lowest BCUT2D eigenvalue weighted by Crippen LogP contribution is -2.35. The zero-order chi connectivity index (χ0) is 14.7. The number of carbonyl (C=O) groups excluding carboxylic acids is 2. The summed E-state index contributed by atoms with van der Waals surface area (Å²) in [5.74, 6) is -0.139. The van der Waals surface area contributed by atoms with Crippen molar-refractivity contribution in [3.8, 4) is 0 Å². The lowest BCUT2D eigenvalue weighted by Gasteiger charge is -2.26. The molecule has 3 rings (SSSR count). The highest BCUT2D eigenvalue weighted by molar-refractivity contribution is 5.95. The Bertz CT molecular complexity index is 651. The monoisotopic (exact) mass is 284 g/mol. The van der Waals surface area contributed by atoms with Crippen LogP contribution in [-0.2, 0) is 16.0 Å². The van der Waals surface area contributed by atoms with E-state index in [1.54, 1.807) is 12.4 Å². The number of nitrogens with one attached hydrogen (secondary N) is 3. The van der Waals surface area contributed by atoms with E-state index in [0.29, 0.717) is 12.8 Å². The molecule has 21 heavy (non-hydrogen) atoms. The van der Waals surface area contributed by atoms with Crippen LogP contribution in [0.15, 0.2) is 36.7 Å². The van der Waals surface area contributed by atoms with Crippen LogP contribution in [0.3, 0.4) is 0 Å². The van der Waals surface area contributed by atoms with Crippen LogP contribution in [0.2, 0.25) is 0 Å². The lowest BCUT2D eigenvalue weighted by molar-refractivity contribution is -0.122. The fourth-order valence-corrected chi connectivity index (χ4v) is 2.48. The number of rotatable bonds is 4. The Balaban J connectivity index is 1.64. The van der Waals surface area contributed by atoms with Crippen molar-refractivity contribution in [2.75, 3.05) is 5.32 Å². The van der Waals surface area contributed by atoms with Crippen LogP contribution in [0.1, 0.15) is 30.0 Å². The predicted octanol–water partition coefficient (Wildman–Crippen LogP) is 1.54. The third kappa shape index (κ3) is 3.10. The average Bonchev–Trinajstić information content (AvgIpc) is 2.98. The normalized spacial score (nSPS) is 17.0. The van der Waals surface area contributed by atoms with Crippen molar-refractivity contribution in [2.24, 2.45) is 0 Å². The van der Waals surface area contributed by atoms with Gasteiger partial charge in [-0.2, -0.15) is 5.10 Å². The van der Waals surface area contributed by atoms with Gasteiger partial charge in [-0.1, -0.05) is 18.2 Å². The number of H-pyrrole nitrogens is 1. The standard InChI is InChI=1S/C15H16N4O2/c20-14(6-5-10-8-16-17-9-10)19-13-7-15(21)18-12-4-2-1-3-11(12)13/h1-4,8-9,13H,5-7H2,(H,16,17)(H,18,21)(H,19,20). The molecule has 2 aromatic rings. The van der Waals surface area contributed by atoms with E-state index >= 15 is 0 Å². The Labute approximate surface area is 121 Å². The second-order valence-electron chi connectivity index (χ2n) is 5.07. The predicted molar refractivity (Wildman–Crippen MR) is 77.5 cm³/mol. The number of aromatic amines is 1. The van der Waals surface area contributed by atoms with Gasteiger partial charge in [0, 0.05) is 18.3 Å². The summed E-state index contributed by atoms with van der Waals surface area (Å²) >= 11 is 0.